The monoisotopic (exact) mass is 259 g/mol. The number of anilines is 1. The maximum atomic E-state index is 4.53. The maximum Gasteiger partial charge on any atom is 0.200 e. The van der Waals surface area contributed by atoms with Crippen LogP contribution in [0.25, 0.3) is 5.65 Å². The number of aromatic nitrogens is 5. The Morgan fingerprint density at radius 2 is 2.32 bits per heavy atom. The molecule has 2 aliphatic heterocycles. The zero-order valence-corrected chi connectivity index (χ0v) is 10.9. The van der Waals surface area contributed by atoms with E-state index in [1.54, 1.807) is 0 Å². The highest BCUT2D eigenvalue weighted by molar-refractivity contribution is 5.46. The average Bonchev–Trinajstić information content (AvgIpc) is 3.12. The lowest BCUT2D eigenvalue weighted by molar-refractivity contribution is 0.441. The van der Waals surface area contributed by atoms with Crippen LogP contribution < -0.4 is 10.2 Å². The van der Waals surface area contributed by atoms with Gasteiger partial charge in [0.05, 0.1) is 0 Å². The van der Waals surface area contributed by atoms with Crippen LogP contribution in [-0.2, 0) is 0 Å². The van der Waals surface area contributed by atoms with E-state index in [1.165, 1.54) is 4.63 Å². The van der Waals surface area contributed by atoms with Crippen molar-refractivity contribution >= 4 is 11.5 Å². The van der Waals surface area contributed by atoms with Crippen molar-refractivity contribution in [3.8, 4) is 0 Å². The summed E-state index contributed by atoms with van der Waals surface area (Å²) in [5.41, 5.74) is 0.692. The van der Waals surface area contributed by atoms with Crippen molar-refractivity contribution in [2.75, 3.05) is 24.5 Å². The van der Waals surface area contributed by atoms with Crippen LogP contribution in [0.2, 0.25) is 0 Å². The van der Waals surface area contributed by atoms with Gasteiger partial charge in [0.25, 0.3) is 0 Å². The van der Waals surface area contributed by atoms with Crippen LogP contribution in [0.3, 0.4) is 0 Å². The van der Waals surface area contributed by atoms with Gasteiger partial charge < -0.3 is 10.2 Å². The molecule has 1 N–H and O–H groups in total. The van der Waals surface area contributed by atoms with Crippen LogP contribution >= 0.6 is 0 Å². The van der Waals surface area contributed by atoms with Crippen LogP contribution in [0, 0.1) is 11.8 Å². The first-order valence-electron chi connectivity index (χ1n) is 6.89. The minimum absolute atomic E-state index is 0.571. The number of hydrogen-bond acceptors (Lipinski definition) is 6. The first-order chi connectivity index (χ1) is 9.36. The van der Waals surface area contributed by atoms with Crippen LogP contribution in [0.5, 0.6) is 0 Å². The van der Waals surface area contributed by atoms with Gasteiger partial charge in [-0.3, -0.25) is 0 Å². The first-order valence-corrected chi connectivity index (χ1v) is 6.89. The number of hydrogen-bond donors (Lipinski definition) is 1. The second-order valence-corrected chi connectivity index (χ2v) is 5.43. The molecular weight excluding hydrogens is 242 g/mol. The highest BCUT2D eigenvalue weighted by atomic mass is 15.6. The molecule has 0 bridgehead atoms. The van der Waals surface area contributed by atoms with Gasteiger partial charge in [-0.1, -0.05) is 6.92 Å². The van der Waals surface area contributed by atoms with Crippen molar-refractivity contribution in [3.63, 3.8) is 0 Å². The molecule has 2 saturated heterocycles. The minimum Gasteiger partial charge on any atom is -0.351 e. The Morgan fingerprint density at radius 3 is 3.21 bits per heavy atom. The number of fused-ring (bicyclic) bond motifs is 2. The second kappa shape index (κ2) is 4.12. The summed E-state index contributed by atoms with van der Waals surface area (Å²) in [4.78, 5) is 2.43. The number of rotatable bonds is 2. The van der Waals surface area contributed by atoms with E-state index in [9.17, 15) is 0 Å². The van der Waals surface area contributed by atoms with E-state index in [4.69, 9.17) is 0 Å². The zero-order chi connectivity index (χ0) is 12.8. The summed E-state index contributed by atoms with van der Waals surface area (Å²) in [5, 5.41) is 19.4. The normalized spacial score (nSPS) is 30.2. The Bertz CT molecular complexity index is 595. The van der Waals surface area contributed by atoms with Crippen molar-refractivity contribution in [1.82, 2.24) is 30.6 Å². The molecule has 0 amide bonds. The predicted octanol–water partition coefficient (Wildman–Crippen LogP) is -0.0465. The fourth-order valence-electron chi connectivity index (χ4n) is 3.60. The number of nitrogens with one attached hydrogen (secondary N) is 1. The van der Waals surface area contributed by atoms with Crippen molar-refractivity contribution in [2.45, 2.75) is 19.4 Å². The van der Waals surface area contributed by atoms with Crippen molar-refractivity contribution in [2.24, 2.45) is 11.8 Å². The van der Waals surface area contributed by atoms with E-state index in [2.05, 4.69) is 37.8 Å². The molecule has 2 aromatic rings. The van der Waals surface area contributed by atoms with Gasteiger partial charge in [0, 0.05) is 25.7 Å². The van der Waals surface area contributed by atoms with Crippen LogP contribution in [0.15, 0.2) is 12.1 Å². The van der Waals surface area contributed by atoms with Gasteiger partial charge in [0.1, 0.15) is 0 Å². The van der Waals surface area contributed by atoms with Crippen molar-refractivity contribution in [3.05, 3.63) is 12.1 Å². The largest absolute Gasteiger partial charge is 0.351 e. The fourth-order valence-corrected chi connectivity index (χ4v) is 3.60. The Kier molecular flexibility index (Phi) is 2.41. The maximum absolute atomic E-state index is 4.53. The van der Waals surface area contributed by atoms with E-state index in [0.29, 0.717) is 11.7 Å². The Balaban J connectivity index is 1.70. The van der Waals surface area contributed by atoms with Crippen molar-refractivity contribution < 1.29 is 0 Å². The van der Waals surface area contributed by atoms with Gasteiger partial charge in [-0.2, -0.15) is 0 Å². The van der Waals surface area contributed by atoms with Crippen LogP contribution in [-0.4, -0.2) is 50.9 Å². The molecule has 4 heterocycles. The summed E-state index contributed by atoms with van der Waals surface area (Å²) >= 11 is 0. The SMILES string of the molecule is CCC1C2CNCC2CN1c1ccc2nnnn2n1. The molecule has 3 atom stereocenters. The molecule has 0 aromatic carbocycles. The van der Waals surface area contributed by atoms with E-state index in [1.807, 2.05) is 12.1 Å². The third-order valence-electron chi connectivity index (χ3n) is 4.49. The smallest absolute Gasteiger partial charge is 0.200 e. The van der Waals surface area contributed by atoms with E-state index < -0.39 is 0 Å². The molecule has 2 aromatic heterocycles. The first kappa shape index (κ1) is 11.1. The van der Waals surface area contributed by atoms with Gasteiger partial charge in [-0.05, 0) is 40.8 Å². The van der Waals surface area contributed by atoms with Gasteiger partial charge in [0.2, 0.25) is 0 Å². The lowest BCUT2D eigenvalue weighted by Crippen LogP contribution is -2.35. The van der Waals surface area contributed by atoms with E-state index >= 15 is 0 Å². The summed E-state index contributed by atoms with van der Waals surface area (Å²) in [6.07, 6.45) is 1.15. The standard InChI is InChI=1S/C12H17N7/c1-2-10-9-6-13-5-8(9)7-18(10)12-4-3-11-14-16-17-19(11)15-12/h3-4,8-10,13H,2,5-7H2,1H3. The molecule has 2 fully saturated rings. The Hall–Kier alpha value is -1.76. The van der Waals surface area contributed by atoms with Gasteiger partial charge >= 0.3 is 0 Å². The van der Waals surface area contributed by atoms with Crippen LogP contribution in [0.1, 0.15) is 13.3 Å². The molecule has 100 valence electrons. The van der Waals surface area contributed by atoms with E-state index in [-0.39, 0.29) is 0 Å². The molecule has 0 spiro atoms. The molecule has 0 aliphatic carbocycles. The lowest BCUT2D eigenvalue weighted by atomic mass is 9.93. The van der Waals surface area contributed by atoms with Crippen LogP contribution in [0.4, 0.5) is 5.82 Å². The minimum atomic E-state index is 0.571. The summed E-state index contributed by atoms with van der Waals surface area (Å²) in [6.45, 7) is 5.60. The van der Waals surface area contributed by atoms with Crippen molar-refractivity contribution in [1.29, 1.82) is 0 Å². The predicted molar refractivity (Wildman–Crippen MR) is 69.9 cm³/mol. The zero-order valence-electron chi connectivity index (χ0n) is 10.9. The Morgan fingerprint density at radius 1 is 1.37 bits per heavy atom. The number of nitrogens with zero attached hydrogens (tertiary/aromatic N) is 6. The molecule has 3 unspecified atom stereocenters. The summed E-state index contributed by atoms with van der Waals surface area (Å²) in [6, 6.07) is 4.53. The molecule has 7 nitrogen and oxygen atoms in total. The fraction of sp³-hybridized carbons (Fsp3) is 0.667. The lowest BCUT2D eigenvalue weighted by Gasteiger charge is -2.27. The number of tetrazole rings is 1. The summed E-state index contributed by atoms with van der Waals surface area (Å²) in [5.74, 6) is 2.48. The Labute approximate surface area is 111 Å². The highest BCUT2D eigenvalue weighted by Gasteiger charge is 2.43. The third kappa shape index (κ3) is 1.61. The molecule has 0 radical (unpaired) electrons. The molecule has 4 rings (SSSR count). The topological polar surface area (TPSA) is 71.2 Å². The quantitative estimate of drug-likeness (QED) is 0.815. The van der Waals surface area contributed by atoms with E-state index in [0.717, 1.165) is 43.7 Å². The average molecular weight is 259 g/mol. The molecule has 19 heavy (non-hydrogen) atoms. The second-order valence-electron chi connectivity index (χ2n) is 5.43. The molecule has 0 saturated carbocycles. The summed E-state index contributed by atoms with van der Waals surface area (Å²) in [7, 11) is 0. The summed E-state index contributed by atoms with van der Waals surface area (Å²) < 4.78 is 1.51. The molecular formula is C12H17N7. The van der Waals surface area contributed by atoms with Gasteiger partial charge in [-0.15, -0.1) is 14.8 Å². The van der Waals surface area contributed by atoms with Gasteiger partial charge in [-0.25, -0.2) is 0 Å². The molecule has 2 aliphatic rings. The molecule has 7 heteroatoms. The third-order valence-corrected chi connectivity index (χ3v) is 4.49. The van der Waals surface area contributed by atoms with Gasteiger partial charge in [0.15, 0.2) is 11.5 Å². The highest BCUT2D eigenvalue weighted by Crippen LogP contribution is 2.36.